The third-order valence-electron chi connectivity index (χ3n) is 2.05. The van der Waals surface area contributed by atoms with Crippen LogP contribution in [0.25, 0.3) is 0 Å². The summed E-state index contributed by atoms with van der Waals surface area (Å²) >= 11 is 0. The van der Waals surface area contributed by atoms with Crippen LogP contribution < -0.4 is 0 Å². The van der Waals surface area contributed by atoms with Crippen molar-refractivity contribution in [1.82, 2.24) is 4.67 Å². The van der Waals surface area contributed by atoms with Crippen molar-refractivity contribution in [3.63, 3.8) is 0 Å². The molecule has 0 aromatic carbocycles. The summed E-state index contributed by atoms with van der Waals surface area (Å²) in [5.41, 5.74) is 0.669. The van der Waals surface area contributed by atoms with Crippen LogP contribution in [0.3, 0.4) is 0 Å². The van der Waals surface area contributed by atoms with E-state index in [-0.39, 0.29) is 8.30 Å². The molecule has 0 spiro atoms. The Hall–Kier alpha value is 0.350. The lowest BCUT2D eigenvalue weighted by Gasteiger charge is -2.39. The smallest absolute Gasteiger partial charge is 0.107 e. The van der Waals surface area contributed by atoms with Crippen LogP contribution in [0.4, 0.5) is 0 Å². The van der Waals surface area contributed by atoms with E-state index < -0.39 is 0 Å². The molecule has 0 aromatic rings. The molecule has 0 bridgehead atoms. The molecular weight excluding hydrogens is 169 g/mol. The molecule has 1 fully saturated rings. The van der Waals surface area contributed by atoms with Crippen LogP contribution in [0.2, 0.25) is 0 Å². The van der Waals surface area contributed by atoms with Gasteiger partial charge in [-0.2, -0.15) is 0 Å². The van der Waals surface area contributed by atoms with Gasteiger partial charge in [0.25, 0.3) is 0 Å². The zero-order chi connectivity index (χ0) is 9.14. The second-order valence-electron chi connectivity index (χ2n) is 3.84. The monoisotopic (exact) mass is 189 g/mol. The fraction of sp³-hybridized carbons (Fsp3) is 1.00. The summed E-state index contributed by atoms with van der Waals surface area (Å²) < 4.78 is 8.32. The molecule has 1 atom stereocenters. The van der Waals surface area contributed by atoms with Crippen LogP contribution in [-0.2, 0) is 4.52 Å². The number of hydrogen-bond donors (Lipinski definition) is 0. The topological polar surface area (TPSA) is 12.5 Å². The Bertz CT molecular complexity index is 122. The summed E-state index contributed by atoms with van der Waals surface area (Å²) in [5, 5.41) is 0. The van der Waals surface area contributed by atoms with Gasteiger partial charge in [-0.05, 0) is 20.3 Å². The largest absolute Gasteiger partial charge is 0.343 e. The van der Waals surface area contributed by atoms with E-state index in [4.69, 9.17) is 4.52 Å². The lowest BCUT2D eigenvalue weighted by atomic mass is 10.3. The van der Waals surface area contributed by atoms with Gasteiger partial charge in [0.15, 0.2) is 0 Å². The standard InChI is InChI=1S/C9H20NOP/c1-8(2)10-6-5-7-11-12(10)9(3)4/h8-9H,5-7H2,1-4H3. The molecule has 0 aliphatic carbocycles. The maximum atomic E-state index is 5.80. The summed E-state index contributed by atoms with van der Waals surface area (Å²) in [6.45, 7) is 11.2. The average Bonchev–Trinajstić information content (AvgIpc) is 2.04. The van der Waals surface area contributed by atoms with Gasteiger partial charge in [-0.15, -0.1) is 0 Å². The number of rotatable bonds is 2. The molecule has 1 heterocycles. The summed E-state index contributed by atoms with van der Waals surface area (Å²) in [5.74, 6) is 0. The van der Waals surface area contributed by atoms with E-state index in [2.05, 4.69) is 32.4 Å². The molecule has 0 radical (unpaired) electrons. The minimum atomic E-state index is -0.300. The zero-order valence-electron chi connectivity index (χ0n) is 8.58. The van der Waals surface area contributed by atoms with Gasteiger partial charge in [-0.1, -0.05) is 13.8 Å². The quantitative estimate of drug-likeness (QED) is 0.619. The first-order chi connectivity index (χ1) is 5.63. The van der Waals surface area contributed by atoms with Crippen LogP contribution in [0, 0.1) is 0 Å². The first-order valence-electron chi connectivity index (χ1n) is 4.81. The van der Waals surface area contributed by atoms with Crippen molar-refractivity contribution in [2.75, 3.05) is 13.2 Å². The highest BCUT2D eigenvalue weighted by Crippen LogP contribution is 2.49. The molecular formula is C9H20NOP. The van der Waals surface area contributed by atoms with Crippen LogP contribution in [0.5, 0.6) is 0 Å². The second-order valence-corrected chi connectivity index (χ2v) is 6.25. The first-order valence-corrected chi connectivity index (χ1v) is 6.09. The van der Waals surface area contributed by atoms with Gasteiger partial charge in [-0.3, -0.25) is 4.67 Å². The molecule has 1 unspecified atom stereocenters. The molecule has 1 saturated heterocycles. The zero-order valence-corrected chi connectivity index (χ0v) is 9.47. The molecule has 1 aliphatic rings. The van der Waals surface area contributed by atoms with E-state index in [1.165, 1.54) is 13.0 Å². The molecule has 0 aromatic heterocycles. The van der Waals surface area contributed by atoms with Crippen LogP contribution >= 0.6 is 8.30 Å². The highest BCUT2D eigenvalue weighted by atomic mass is 31.2. The fourth-order valence-corrected chi connectivity index (χ4v) is 3.64. The molecule has 1 rings (SSSR count). The molecule has 3 heteroatoms. The van der Waals surface area contributed by atoms with E-state index in [1.807, 2.05) is 0 Å². The maximum Gasteiger partial charge on any atom is 0.107 e. The predicted molar refractivity (Wildman–Crippen MR) is 54.5 cm³/mol. The lowest BCUT2D eigenvalue weighted by Crippen LogP contribution is -2.34. The lowest BCUT2D eigenvalue weighted by molar-refractivity contribution is 0.218. The fourth-order valence-electron chi connectivity index (χ4n) is 1.49. The van der Waals surface area contributed by atoms with Gasteiger partial charge < -0.3 is 4.52 Å². The Morgan fingerprint density at radius 3 is 2.33 bits per heavy atom. The van der Waals surface area contributed by atoms with Crippen molar-refractivity contribution in [2.24, 2.45) is 0 Å². The third kappa shape index (κ3) is 2.42. The second kappa shape index (κ2) is 4.55. The molecule has 0 saturated carbocycles. The maximum absolute atomic E-state index is 5.80. The average molecular weight is 189 g/mol. The summed E-state index contributed by atoms with van der Waals surface area (Å²) in [7, 11) is -0.300. The SMILES string of the molecule is CC(C)N1CCCOP1C(C)C. The van der Waals surface area contributed by atoms with Crippen molar-refractivity contribution < 1.29 is 4.52 Å². The Kier molecular flexibility index (Phi) is 3.95. The predicted octanol–water partition coefficient (Wildman–Crippen LogP) is 2.84. The van der Waals surface area contributed by atoms with Gasteiger partial charge in [0.05, 0.1) is 6.61 Å². The van der Waals surface area contributed by atoms with Gasteiger partial charge >= 0.3 is 0 Å². The van der Waals surface area contributed by atoms with Crippen molar-refractivity contribution in [3.8, 4) is 0 Å². The minimum absolute atomic E-state index is 0.300. The number of nitrogens with zero attached hydrogens (tertiary/aromatic N) is 1. The third-order valence-corrected chi connectivity index (χ3v) is 4.55. The van der Waals surface area contributed by atoms with E-state index in [0.717, 1.165) is 6.61 Å². The summed E-state index contributed by atoms with van der Waals surface area (Å²) in [6.07, 6.45) is 1.20. The highest BCUT2D eigenvalue weighted by Gasteiger charge is 2.27. The van der Waals surface area contributed by atoms with Gasteiger partial charge in [0, 0.05) is 18.2 Å². The van der Waals surface area contributed by atoms with E-state index in [0.29, 0.717) is 11.7 Å². The van der Waals surface area contributed by atoms with Crippen molar-refractivity contribution >= 4 is 8.30 Å². The van der Waals surface area contributed by atoms with Crippen LogP contribution in [-0.4, -0.2) is 29.5 Å². The van der Waals surface area contributed by atoms with E-state index in [1.54, 1.807) is 0 Å². The highest BCUT2D eigenvalue weighted by molar-refractivity contribution is 7.50. The van der Waals surface area contributed by atoms with E-state index in [9.17, 15) is 0 Å². The van der Waals surface area contributed by atoms with Crippen molar-refractivity contribution in [2.45, 2.75) is 45.8 Å². The van der Waals surface area contributed by atoms with Gasteiger partial charge in [-0.25, -0.2) is 0 Å². The molecule has 72 valence electrons. The normalized spacial score (nSPS) is 27.0. The molecule has 2 nitrogen and oxygen atoms in total. The van der Waals surface area contributed by atoms with Gasteiger partial charge in [0.1, 0.15) is 8.30 Å². The Balaban J connectivity index is 2.54. The Morgan fingerprint density at radius 1 is 1.25 bits per heavy atom. The molecule has 0 N–H and O–H groups in total. The molecule has 0 amide bonds. The first kappa shape index (κ1) is 10.4. The molecule has 12 heavy (non-hydrogen) atoms. The Morgan fingerprint density at radius 2 is 1.92 bits per heavy atom. The summed E-state index contributed by atoms with van der Waals surface area (Å²) in [4.78, 5) is 0. The van der Waals surface area contributed by atoms with Crippen molar-refractivity contribution in [3.05, 3.63) is 0 Å². The number of hydrogen-bond acceptors (Lipinski definition) is 2. The Labute approximate surface area is 77.2 Å². The van der Waals surface area contributed by atoms with Crippen molar-refractivity contribution in [1.29, 1.82) is 0 Å². The minimum Gasteiger partial charge on any atom is -0.343 e. The van der Waals surface area contributed by atoms with E-state index >= 15 is 0 Å². The van der Waals surface area contributed by atoms with Gasteiger partial charge in [0.2, 0.25) is 0 Å². The summed E-state index contributed by atoms with van der Waals surface area (Å²) in [6, 6.07) is 0.638. The van der Waals surface area contributed by atoms with Crippen LogP contribution in [0.15, 0.2) is 0 Å². The van der Waals surface area contributed by atoms with Crippen LogP contribution in [0.1, 0.15) is 34.1 Å². The molecule has 1 aliphatic heterocycles.